The van der Waals surface area contributed by atoms with Gasteiger partial charge in [-0.25, -0.2) is 0 Å². The minimum Gasteiger partial charge on any atom is -1.00 e. The molecule has 0 saturated heterocycles. The zero-order valence-electron chi connectivity index (χ0n) is 4.52. The van der Waals surface area contributed by atoms with Crippen LogP contribution in [0.4, 0.5) is 26.3 Å². The summed E-state index contributed by atoms with van der Waals surface area (Å²) in [6.45, 7) is -6.17. The number of hydrogen-bond acceptors (Lipinski definition) is 0. The van der Waals surface area contributed by atoms with Crippen molar-refractivity contribution in [3.8, 4) is 0 Å². The van der Waals surface area contributed by atoms with Gasteiger partial charge in [0.2, 0.25) is 0 Å². The summed E-state index contributed by atoms with van der Waals surface area (Å²) in [6, 6.07) is 0. The number of hydrogen-bond donors (Lipinski definition) is 0. The molecule has 68 valence electrons. The van der Waals surface area contributed by atoms with Gasteiger partial charge in [-0.15, -0.1) is 0 Å². The van der Waals surface area contributed by atoms with E-state index in [0.29, 0.717) is 0 Å². The molecule has 0 aliphatic heterocycles. The minimum absolute atomic E-state index is 0. The summed E-state index contributed by atoms with van der Waals surface area (Å²) >= 11 is 0. The second-order valence-electron chi connectivity index (χ2n) is 0.429. The van der Waals surface area contributed by atoms with Gasteiger partial charge in [0.1, 0.15) is 0 Å². The fourth-order valence-corrected chi connectivity index (χ4v) is 0. The molecule has 0 aromatic heterocycles. The van der Waals surface area contributed by atoms with Gasteiger partial charge in [0, 0.05) is 0 Å². The van der Waals surface area contributed by atoms with E-state index in [1.165, 1.54) is 0 Å². The normalized spacial score (nSPS) is 6.55. The van der Waals surface area contributed by atoms with Crippen LogP contribution in [0.2, 0.25) is 0 Å². The molecule has 0 atom stereocenters. The van der Waals surface area contributed by atoms with Crippen LogP contribution in [0.15, 0.2) is 0 Å². The van der Waals surface area contributed by atoms with Gasteiger partial charge in [0.25, 0.3) is 0 Å². The predicted octanol–water partition coefficient (Wildman–Crippen LogP) is -3.69. The molecule has 0 fully saturated rings. The maximum Gasteiger partial charge on any atom is 2.00 e. The minimum atomic E-state index is -3.08. The number of halogens is 8. The zero-order chi connectivity index (χ0) is 7.15. The van der Waals surface area contributed by atoms with Crippen molar-refractivity contribution in [2.24, 2.45) is 0 Å². The first kappa shape index (κ1) is 29.7. The molecule has 11 heavy (non-hydrogen) atoms. The first-order chi connectivity index (χ1) is 3.46. The van der Waals surface area contributed by atoms with Crippen LogP contribution in [-0.2, 0) is 0 Å². The van der Waals surface area contributed by atoms with Crippen molar-refractivity contribution in [3.05, 3.63) is 13.4 Å². The molecule has 0 rings (SSSR count). The Kier molecular flexibility index (Phi) is 60.5. The van der Waals surface area contributed by atoms with Crippen molar-refractivity contribution in [2.75, 3.05) is 0 Å². The van der Waals surface area contributed by atoms with Crippen molar-refractivity contribution in [1.82, 2.24) is 0 Å². The molecule has 0 aromatic carbocycles. The third kappa shape index (κ3) is 957. The average Bonchev–Trinajstić information content (AvgIpc) is 1.25. The number of rotatable bonds is 0. The molecule has 0 aliphatic rings. The Hall–Kier alpha value is 0.959. The Labute approximate surface area is 88.5 Å². The molecule has 9 heteroatoms. The van der Waals surface area contributed by atoms with E-state index in [1.54, 1.807) is 0 Å². The largest absolute Gasteiger partial charge is 2.00 e. The van der Waals surface area contributed by atoms with Crippen molar-refractivity contribution < 1.29 is 51.2 Å². The summed E-state index contributed by atoms with van der Waals surface area (Å²) in [6.07, 6.45) is 0. The van der Waals surface area contributed by atoms with Gasteiger partial charge in [-0.1, -0.05) is 0 Å². The smallest absolute Gasteiger partial charge is 1.00 e. The third-order valence-electron chi connectivity index (χ3n) is 0. The van der Waals surface area contributed by atoms with Gasteiger partial charge < -0.3 is 24.8 Å². The maximum absolute atomic E-state index is 9.58. The topological polar surface area (TPSA) is 0 Å². The van der Waals surface area contributed by atoms with E-state index in [1.807, 2.05) is 0 Å². The molecule has 0 amide bonds. The van der Waals surface area contributed by atoms with Gasteiger partial charge >= 0.3 is 37.3 Å². The van der Waals surface area contributed by atoms with Crippen LogP contribution in [0.1, 0.15) is 0 Å². The van der Waals surface area contributed by atoms with E-state index >= 15 is 0 Å². The van der Waals surface area contributed by atoms with Crippen molar-refractivity contribution >= 4 is 23.9 Å². The molecular formula is C2Cl2F6Sn. The van der Waals surface area contributed by atoms with Gasteiger partial charge in [-0.3, -0.25) is 0 Å². The van der Waals surface area contributed by atoms with Gasteiger partial charge in [0.15, 0.2) is 0 Å². The van der Waals surface area contributed by atoms with Crippen LogP contribution in [0, 0.1) is 13.4 Å². The SMILES string of the molecule is F[C](F)F.F[C](F)F.[Cl-].[Cl-].[Sn+2]. The van der Waals surface area contributed by atoms with Crippen molar-refractivity contribution in [2.45, 2.75) is 0 Å². The zero-order valence-corrected chi connectivity index (χ0v) is 8.89. The standard InChI is InChI=1S/2CF3.2ClH.Sn/c2*2-1(3)4;;;/h;;2*1H;/q;;;;+2/p-2. The summed E-state index contributed by atoms with van der Waals surface area (Å²) in [5, 5.41) is 0. The molecule has 0 unspecified atom stereocenters. The Balaban J connectivity index is -0.0000000171. The van der Waals surface area contributed by atoms with Crippen LogP contribution in [-0.4, -0.2) is 23.9 Å². The molecule has 0 aliphatic carbocycles. The van der Waals surface area contributed by atoms with Crippen molar-refractivity contribution in [3.63, 3.8) is 0 Å². The van der Waals surface area contributed by atoms with Gasteiger partial charge in [0.05, 0.1) is 0 Å². The Morgan fingerprint density at radius 2 is 0.545 bits per heavy atom. The van der Waals surface area contributed by atoms with E-state index in [0.717, 1.165) is 0 Å². The third-order valence-corrected chi connectivity index (χ3v) is 0. The van der Waals surface area contributed by atoms with E-state index in [4.69, 9.17) is 0 Å². The summed E-state index contributed by atoms with van der Waals surface area (Å²) in [5.74, 6) is 0. The molecule has 0 nitrogen and oxygen atoms in total. The van der Waals surface area contributed by atoms with E-state index in [-0.39, 0.29) is 48.7 Å². The van der Waals surface area contributed by atoms with Crippen LogP contribution in [0.25, 0.3) is 0 Å². The van der Waals surface area contributed by atoms with E-state index in [2.05, 4.69) is 0 Å². The first-order valence-electron chi connectivity index (χ1n) is 1.13. The molecule has 0 heterocycles. The Morgan fingerprint density at radius 3 is 0.545 bits per heavy atom. The molecular weight excluding hydrogens is 328 g/mol. The van der Waals surface area contributed by atoms with Crippen molar-refractivity contribution in [1.29, 1.82) is 0 Å². The van der Waals surface area contributed by atoms with Gasteiger partial charge in [-0.05, 0) is 0 Å². The summed E-state index contributed by atoms with van der Waals surface area (Å²) in [4.78, 5) is 0. The molecule has 0 aromatic rings. The molecule has 0 spiro atoms. The monoisotopic (exact) mass is 328 g/mol. The van der Waals surface area contributed by atoms with E-state index < -0.39 is 13.4 Å². The van der Waals surface area contributed by atoms with Crippen LogP contribution >= 0.6 is 0 Å². The molecule has 0 bridgehead atoms. The van der Waals surface area contributed by atoms with Crippen LogP contribution in [0.3, 0.4) is 0 Å². The average molecular weight is 328 g/mol. The Bertz CT molecular complexity index is 34.1. The predicted molar refractivity (Wildman–Crippen MR) is 18.9 cm³/mol. The molecule has 4 radical (unpaired) electrons. The quantitative estimate of drug-likeness (QED) is 0.318. The Morgan fingerprint density at radius 1 is 0.545 bits per heavy atom. The van der Waals surface area contributed by atoms with Crippen LogP contribution in [0.5, 0.6) is 0 Å². The van der Waals surface area contributed by atoms with Gasteiger partial charge in [-0.2, -0.15) is 26.3 Å². The summed E-state index contributed by atoms with van der Waals surface area (Å²) in [5.41, 5.74) is 0. The van der Waals surface area contributed by atoms with E-state index in [9.17, 15) is 26.3 Å². The summed E-state index contributed by atoms with van der Waals surface area (Å²) < 4.78 is 57.5. The van der Waals surface area contributed by atoms with Crippen LogP contribution < -0.4 is 24.8 Å². The fraction of sp³-hybridized carbons (Fsp3) is 0. The second kappa shape index (κ2) is 22.4. The summed E-state index contributed by atoms with van der Waals surface area (Å²) in [7, 11) is 0. The first-order valence-corrected chi connectivity index (χ1v) is 1.13. The molecule has 0 N–H and O–H groups in total. The molecule has 0 saturated carbocycles. The fourth-order valence-electron chi connectivity index (χ4n) is 0. The second-order valence-corrected chi connectivity index (χ2v) is 0.429. The maximum atomic E-state index is 9.58.